The lowest BCUT2D eigenvalue weighted by atomic mass is 10.0. The first kappa shape index (κ1) is 10.4. The Balaban J connectivity index is 3.43. The van der Waals surface area contributed by atoms with Gasteiger partial charge in [0.1, 0.15) is 0 Å². The number of ketones is 1. The summed E-state index contributed by atoms with van der Waals surface area (Å²) in [7, 11) is 0. The molecule has 1 aromatic rings. The zero-order valence-electron chi connectivity index (χ0n) is 8.33. The summed E-state index contributed by atoms with van der Waals surface area (Å²) in [5.41, 5.74) is 1.78. The maximum Gasteiger partial charge on any atom is 0.273 e. The van der Waals surface area contributed by atoms with Crippen LogP contribution in [-0.2, 0) is 0 Å². The summed E-state index contributed by atoms with van der Waals surface area (Å²) in [4.78, 5) is 21.2. The van der Waals surface area contributed by atoms with Crippen LogP contribution in [0.4, 0.5) is 5.69 Å². The van der Waals surface area contributed by atoms with Crippen LogP contribution in [0.25, 0.3) is 0 Å². The molecule has 0 radical (unpaired) electrons. The summed E-state index contributed by atoms with van der Waals surface area (Å²) in [5.74, 6) is -0.156. The fourth-order valence-corrected chi connectivity index (χ4v) is 1.23. The molecule has 4 nitrogen and oxygen atoms in total. The largest absolute Gasteiger partial charge is 0.295 e. The summed E-state index contributed by atoms with van der Waals surface area (Å²) < 4.78 is 0. The molecule has 0 aliphatic rings. The summed E-state index contributed by atoms with van der Waals surface area (Å²) in [6.07, 6.45) is 0. The lowest BCUT2D eigenvalue weighted by molar-refractivity contribution is -0.385. The predicted octanol–water partition coefficient (Wildman–Crippen LogP) is 2.41. The third kappa shape index (κ3) is 1.79. The van der Waals surface area contributed by atoms with Gasteiger partial charge < -0.3 is 0 Å². The highest BCUT2D eigenvalue weighted by Crippen LogP contribution is 2.23. The maximum atomic E-state index is 11.1. The molecule has 0 saturated heterocycles. The van der Waals surface area contributed by atoms with Crippen molar-refractivity contribution in [3.05, 3.63) is 38.9 Å². The Hall–Kier alpha value is -1.71. The average Bonchev–Trinajstić information content (AvgIpc) is 2.08. The highest BCUT2D eigenvalue weighted by atomic mass is 16.6. The molecule has 0 fully saturated rings. The van der Waals surface area contributed by atoms with Gasteiger partial charge in [0.25, 0.3) is 5.69 Å². The fraction of sp³-hybridized carbons (Fsp3) is 0.300. The highest BCUT2D eigenvalue weighted by molar-refractivity contribution is 5.95. The fourth-order valence-electron chi connectivity index (χ4n) is 1.23. The second-order valence-corrected chi connectivity index (χ2v) is 3.25. The average molecular weight is 193 g/mol. The van der Waals surface area contributed by atoms with Crippen molar-refractivity contribution in [1.29, 1.82) is 0 Å². The van der Waals surface area contributed by atoms with E-state index in [0.717, 1.165) is 5.56 Å². The topological polar surface area (TPSA) is 60.2 Å². The van der Waals surface area contributed by atoms with Gasteiger partial charge in [0.05, 0.1) is 4.92 Å². The molecule has 74 valence electrons. The molecule has 0 N–H and O–H groups in total. The molecule has 0 amide bonds. The number of hydrogen-bond acceptors (Lipinski definition) is 3. The van der Waals surface area contributed by atoms with E-state index in [9.17, 15) is 14.9 Å². The smallest absolute Gasteiger partial charge is 0.273 e. The van der Waals surface area contributed by atoms with Crippen LogP contribution in [-0.4, -0.2) is 10.7 Å². The van der Waals surface area contributed by atoms with Gasteiger partial charge in [-0.05, 0) is 32.4 Å². The molecule has 0 aromatic heterocycles. The number of nitro groups is 1. The van der Waals surface area contributed by atoms with Crippen LogP contribution >= 0.6 is 0 Å². The van der Waals surface area contributed by atoms with Gasteiger partial charge in [0, 0.05) is 17.2 Å². The minimum absolute atomic E-state index is 0.00944. The number of rotatable bonds is 2. The lowest BCUT2D eigenvalue weighted by Crippen LogP contribution is -1.99. The zero-order valence-corrected chi connectivity index (χ0v) is 8.33. The van der Waals surface area contributed by atoms with Crippen molar-refractivity contribution in [2.24, 2.45) is 0 Å². The van der Waals surface area contributed by atoms with Crippen molar-refractivity contribution >= 4 is 11.5 Å². The minimum atomic E-state index is -0.464. The number of nitrogens with zero attached hydrogens (tertiary/aromatic N) is 1. The van der Waals surface area contributed by atoms with Crippen LogP contribution in [0.5, 0.6) is 0 Å². The van der Waals surface area contributed by atoms with Crippen LogP contribution in [0, 0.1) is 24.0 Å². The summed E-state index contributed by atoms with van der Waals surface area (Å²) in [5, 5.41) is 10.6. The minimum Gasteiger partial charge on any atom is -0.295 e. The number of benzene rings is 1. The Kier molecular flexibility index (Phi) is 2.65. The second kappa shape index (κ2) is 3.57. The van der Waals surface area contributed by atoms with Crippen LogP contribution in [0.3, 0.4) is 0 Å². The van der Waals surface area contributed by atoms with Crippen LogP contribution in [0.2, 0.25) is 0 Å². The van der Waals surface area contributed by atoms with Gasteiger partial charge in [0.2, 0.25) is 0 Å². The first-order valence-corrected chi connectivity index (χ1v) is 4.20. The number of carbonyl (C=O) groups is 1. The van der Waals surface area contributed by atoms with E-state index in [2.05, 4.69) is 0 Å². The van der Waals surface area contributed by atoms with Crippen molar-refractivity contribution in [3.8, 4) is 0 Å². The molecule has 0 spiro atoms. The summed E-state index contributed by atoms with van der Waals surface area (Å²) in [6, 6.07) is 3.00. The van der Waals surface area contributed by atoms with Crippen molar-refractivity contribution in [2.45, 2.75) is 20.8 Å². The van der Waals surface area contributed by atoms with E-state index in [1.807, 2.05) is 0 Å². The third-order valence-electron chi connectivity index (χ3n) is 2.24. The third-order valence-corrected chi connectivity index (χ3v) is 2.24. The monoisotopic (exact) mass is 193 g/mol. The molecule has 0 bridgehead atoms. The van der Waals surface area contributed by atoms with E-state index in [4.69, 9.17) is 0 Å². The van der Waals surface area contributed by atoms with Crippen molar-refractivity contribution in [2.75, 3.05) is 0 Å². The van der Waals surface area contributed by atoms with E-state index in [1.54, 1.807) is 19.9 Å². The van der Waals surface area contributed by atoms with E-state index < -0.39 is 4.92 Å². The predicted molar refractivity (Wildman–Crippen MR) is 52.6 cm³/mol. The van der Waals surface area contributed by atoms with E-state index >= 15 is 0 Å². The van der Waals surface area contributed by atoms with Gasteiger partial charge >= 0.3 is 0 Å². The van der Waals surface area contributed by atoms with Crippen molar-refractivity contribution in [3.63, 3.8) is 0 Å². The van der Waals surface area contributed by atoms with Crippen molar-refractivity contribution in [1.82, 2.24) is 0 Å². The van der Waals surface area contributed by atoms with Gasteiger partial charge in [-0.3, -0.25) is 14.9 Å². The Bertz CT molecular complexity index is 410. The van der Waals surface area contributed by atoms with Gasteiger partial charge in [0.15, 0.2) is 5.78 Å². The van der Waals surface area contributed by atoms with Gasteiger partial charge in [-0.25, -0.2) is 0 Å². The van der Waals surface area contributed by atoms with E-state index in [1.165, 1.54) is 13.0 Å². The first-order valence-electron chi connectivity index (χ1n) is 4.20. The molecule has 0 saturated carbocycles. The number of Topliss-reactive ketones (excluding diaryl/α,β-unsaturated/α-hetero) is 1. The highest BCUT2D eigenvalue weighted by Gasteiger charge is 2.15. The molecule has 1 rings (SSSR count). The normalized spacial score (nSPS) is 9.93. The SMILES string of the molecule is CC(=O)c1cc(C)c(C)c([N+](=O)[O-])c1. The first-order chi connectivity index (χ1) is 6.43. The quantitative estimate of drug-likeness (QED) is 0.411. The zero-order chi connectivity index (χ0) is 10.9. The molecule has 4 heteroatoms. The number of nitro benzene ring substituents is 1. The Morgan fingerprint density at radius 1 is 1.36 bits per heavy atom. The molecular formula is C10H11NO3. The van der Waals surface area contributed by atoms with Crippen LogP contribution in [0.15, 0.2) is 12.1 Å². The van der Waals surface area contributed by atoms with E-state index in [-0.39, 0.29) is 11.5 Å². The molecule has 0 aliphatic carbocycles. The molecule has 0 heterocycles. The van der Waals surface area contributed by atoms with Crippen LogP contribution in [0.1, 0.15) is 28.4 Å². The van der Waals surface area contributed by atoms with E-state index in [0.29, 0.717) is 11.1 Å². The summed E-state index contributed by atoms with van der Waals surface area (Å²) >= 11 is 0. The van der Waals surface area contributed by atoms with Crippen molar-refractivity contribution < 1.29 is 9.72 Å². The van der Waals surface area contributed by atoms with Gasteiger partial charge in [-0.2, -0.15) is 0 Å². The molecule has 1 aromatic carbocycles. The second-order valence-electron chi connectivity index (χ2n) is 3.25. The maximum absolute atomic E-state index is 11.1. The molecule has 14 heavy (non-hydrogen) atoms. The Labute approximate surface area is 81.7 Å². The van der Waals surface area contributed by atoms with Gasteiger partial charge in [-0.1, -0.05) is 0 Å². The molecule has 0 atom stereocenters. The Morgan fingerprint density at radius 2 is 1.93 bits per heavy atom. The number of carbonyl (C=O) groups excluding carboxylic acids is 1. The van der Waals surface area contributed by atoms with Gasteiger partial charge in [-0.15, -0.1) is 0 Å². The Morgan fingerprint density at radius 3 is 2.36 bits per heavy atom. The lowest BCUT2D eigenvalue weighted by Gasteiger charge is -2.03. The number of aryl methyl sites for hydroxylation is 1. The van der Waals surface area contributed by atoms with Crippen LogP contribution < -0.4 is 0 Å². The molecule has 0 unspecified atom stereocenters. The molecule has 0 aliphatic heterocycles. The standard InChI is InChI=1S/C10H11NO3/c1-6-4-9(8(3)12)5-10(7(6)2)11(13)14/h4-5H,1-3H3. The molecular weight excluding hydrogens is 182 g/mol. The summed E-state index contributed by atoms with van der Waals surface area (Å²) in [6.45, 7) is 4.83. The number of hydrogen-bond donors (Lipinski definition) is 0.